The lowest BCUT2D eigenvalue weighted by atomic mass is 10.3. The number of aliphatic hydroxyl groups excluding tert-OH is 1. The van der Waals surface area contributed by atoms with Gasteiger partial charge in [-0.3, -0.25) is 4.79 Å². The summed E-state index contributed by atoms with van der Waals surface area (Å²) in [6.45, 7) is 1.21. The van der Waals surface area contributed by atoms with Crippen LogP contribution in [-0.2, 0) is 0 Å². The summed E-state index contributed by atoms with van der Waals surface area (Å²) in [5.74, 6) is 0. The van der Waals surface area contributed by atoms with Gasteiger partial charge in [-0.05, 0) is 6.42 Å². The van der Waals surface area contributed by atoms with E-state index >= 15 is 0 Å². The van der Waals surface area contributed by atoms with Gasteiger partial charge in [0.15, 0.2) is 0 Å². The number of hydrogen-bond acceptors (Lipinski definition) is 4. The molecule has 2 N–H and O–H groups in total. The average Bonchev–Trinajstić information content (AvgIpc) is 2.57. The molecule has 1 aliphatic heterocycles. The molecule has 6 heteroatoms. The molecule has 5 nitrogen and oxygen atoms in total. The predicted octanol–water partition coefficient (Wildman–Crippen LogP) is -0.00570. The van der Waals surface area contributed by atoms with Crippen LogP contribution in [0.3, 0.4) is 0 Å². The Morgan fingerprint density at radius 1 is 1.71 bits per heavy atom. The van der Waals surface area contributed by atoms with Gasteiger partial charge in [-0.2, -0.15) is 5.10 Å². The SMILES string of the molecule is O=c1[nH]ncc(N2CCC(O)C2)c1Cl. The van der Waals surface area contributed by atoms with E-state index in [0.717, 1.165) is 0 Å². The van der Waals surface area contributed by atoms with E-state index in [9.17, 15) is 9.90 Å². The van der Waals surface area contributed by atoms with Crippen LogP contribution in [0.1, 0.15) is 6.42 Å². The van der Waals surface area contributed by atoms with E-state index in [4.69, 9.17) is 11.6 Å². The first-order valence-electron chi connectivity index (χ1n) is 4.34. The average molecular weight is 216 g/mol. The summed E-state index contributed by atoms with van der Waals surface area (Å²) in [6, 6.07) is 0. The molecule has 1 aliphatic rings. The Balaban J connectivity index is 2.33. The topological polar surface area (TPSA) is 69.2 Å². The molecule has 1 atom stereocenters. The monoisotopic (exact) mass is 215 g/mol. The summed E-state index contributed by atoms with van der Waals surface area (Å²) < 4.78 is 0. The summed E-state index contributed by atoms with van der Waals surface area (Å²) in [5.41, 5.74) is 0.192. The highest BCUT2D eigenvalue weighted by Gasteiger charge is 2.23. The van der Waals surface area contributed by atoms with Crippen LogP contribution in [0.4, 0.5) is 5.69 Å². The normalized spacial score (nSPS) is 21.6. The second kappa shape index (κ2) is 3.59. The Morgan fingerprint density at radius 2 is 2.50 bits per heavy atom. The molecule has 0 amide bonds. The first-order chi connectivity index (χ1) is 6.68. The number of halogens is 1. The van der Waals surface area contributed by atoms with Crippen LogP contribution in [0.15, 0.2) is 11.0 Å². The maximum atomic E-state index is 11.1. The molecule has 2 heterocycles. The zero-order chi connectivity index (χ0) is 10.1. The van der Waals surface area contributed by atoms with Crippen molar-refractivity contribution in [3.63, 3.8) is 0 Å². The van der Waals surface area contributed by atoms with Gasteiger partial charge in [0, 0.05) is 13.1 Å². The van der Waals surface area contributed by atoms with Crippen LogP contribution in [0.2, 0.25) is 5.02 Å². The van der Waals surface area contributed by atoms with Gasteiger partial charge in [0.05, 0.1) is 18.0 Å². The number of anilines is 1. The highest BCUT2D eigenvalue weighted by atomic mass is 35.5. The summed E-state index contributed by atoms with van der Waals surface area (Å²) in [4.78, 5) is 13.0. The number of aromatic nitrogens is 2. The van der Waals surface area contributed by atoms with Crippen molar-refractivity contribution in [1.29, 1.82) is 0 Å². The van der Waals surface area contributed by atoms with Gasteiger partial charge in [-0.1, -0.05) is 11.6 Å². The van der Waals surface area contributed by atoms with Crippen LogP contribution < -0.4 is 10.5 Å². The van der Waals surface area contributed by atoms with Crippen molar-refractivity contribution in [2.75, 3.05) is 18.0 Å². The third-order valence-electron chi connectivity index (χ3n) is 2.28. The predicted molar refractivity (Wildman–Crippen MR) is 52.7 cm³/mol. The van der Waals surface area contributed by atoms with Crippen molar-refractivity contribution in [2.24, 2.45) is 0 Å². The van der Waals surface area contributed by atoms with E-state index in [2.05, 4.69) is 10.2 Å². The lowest BCUT2D eigenvalue weighted by Gasteiger charge is -2.17. The van der Waals surface area contributed by atoms with Crippen LogP contribution >= 0.6 is 11.6 Å². The van der Waals surface area contributed by atoms with E-state index in [0.29, 0.717) is 25.2 Å². The zero-order valence-electron chi connectivity index (χ0n) is 7.40. The van der Waals surface area contributed by atoms with Crippen LogP contribution in [0.5, 0.6) is 0 Å². The summed E-state index contributed by atoms with van der Waals surface area (Å²) >= 11 is 5.81. The minimum Gasteiger partial charge on any atom is -0.391 e. The molecule has 0 aromatic carbocycles. The summed E-state index contributed by atoms with van der Waals surface area (Å²) in [6.07, 6.45) is 1.86. The molecule has 0 radical (unpaired) electrons. The number of aromatic amines is 1. The third-order valence-corrected chi connectivity index (χ3v) is 2.65. The van der Waals surface area contributed by atoms with Gasteiger partial charge in [-0.15, -0.1) is 0 Å². The smallest absolute Gasteiger partial charge is 0.285 e. The quantitative estimate of drug-likeness (QED) is 0.692. The first kappa shape index (κ1) is 9.48. The molecule has 0 aliphatic carbocycles. The molecule has 1 unspecified atom stereocenters. The Hall–Kier alpha value is -1.07. The molecule has 76 valence electrons. The molecular formula is C8H10ClN3O2. The van der Waals surface area contributed by atoms with Crippen molar-refractivity contribution in [1.82, 2.24) is 10.2 Å². The first-order valence-corrected chi connectivity index (χ1v) is 4.72. The van der Waals surface area contributed by atoms with Gasteiger partial charge in [0.1, 0.15) is 5.02 Å². The molecule has 0 saturated carbocycles. The maximum absolute atomic E-state index is 11.1. The van der Waals surface area contributed by atoms with Crippen LogP contribution in [0, 0.1) is 0 Å². The van der Waals surface area contributed by atoms with E-state index in [1.165, 1.54) is 6.20 Å². The fraction of sp³-hybridized carbons (Fsp3) is 0.500. The molecule has 2 rings (SSSR count). The summed E-state index contributed by atoms with van der Waals surface area (Å²) in [7, 11) is 0. The number of H-pyrrole nitrogens is 1. The molecule has 14 heavy (non-hydrogen) atoms. The Kier molecular flexibility index (Phi) is 2.43. The van der Waals surface area contributed by atoms with Crippen LogP contribution in [0.25, 0.3) is 0 Å². The maximum Gasteiger partial charge on any atom is 0.285 e. The Labute approximate surface area is 85.3 Å². The van der Waals surface area contributed by atoms with Crippen molar-refractivity contribution in [3.05, 3.63) is 21.6 Å². The number of aliphatic hydroxyl groups is 1. The van der Waals surface area contributed by atoms with Gasteiger partial charge >= 0.3 is 0 Å². The van der Waals surface area contributed by atoms with E-state index in [1.54, 1.807) is 0 Å². The number of nitrogens with one attached hydrogen (secondary N) is 1. The highest BCUT2D eigenvalue weighted by molar-refractivity contribution is 6.33. The second-order valence-electron chi connectivity index (χ2n) is 3.29. The second-order valence-corrected chi connectivity index (χ2v) is 3.66. The molecule has 1 saturated heterocycles. The van der Waals surface area contributed by atoms with Gasteiger partial charge < -0.3 is 10.0 Å². The van der Waals surface area contributed by atoms with E-state index < -0.39 is 5.56 Å². The number of rotatable bonds is 1. The largest absolute Gasteiger partial charge is 0.391 e. The highest BCUT2D eigenvalue weighted by Crippen LogP contribution is 2.24. The fourth-order valence-corrected chi connectivity index (χ4v) is 1.77. The molecule has 0 spiro atoms. The third kappa shape index (κ3) is 1.60. The Morgan fingerprint density at radius 3 is 3.14 bits per heavy atom. The zero-order valence-corrected chi connectivity index (χ0v) is 8.16. The number of nitrogens with zero attached hydrogens (tertiary/aromatic N) is 2. The van der Waals surface area contributed by atoms with E-state index in [1.807, 2.05) is 4.90 Å². The van der Waals surface area contributed by atoms with Gasteiger partial charge in [-0.25, -0.2) is 5.10 Å². The van der Waals surface area contributed by atoms with E-state index in [-0.39, 0.29) is 11.1 Å². The minimum absolute atomic E-state index is 0.133. The van der Waals surface area contributed by atoms with Gasteiger partial charge in [0.2, 0.25) is 0 Å². The Bertz CT molecular complexity index is 392. The van der Waals surface area contributed by atoms with Crippen molar-refractivity contribution < 1.29 is 5.11 Å². The summed E-state index contributed by atoms with van der Waals surface area (Å²) in [5, 5.41) is 15.4. The molecule has 0 bridgehead atoms. The number of β-amino-alcohol motifs (C(OH)–C–C–N with tert-alkyl or cyclic N) is 1. The van der Waals surface area contributed by atoms with Crippen molar-refractivity contribution >= 4 is 17.3 Å². The van der Waals surface area contributed by atoms with Crippen molar-refractivity contribution in [3.8, 4) is 0 Å². The molecular weight excluding hydrogens is 206 g/mol. The number of hydrogen-bond donors (Lipinski definition) is 2. The lowest BCUT2D eigenvalue weighted by Crippen LogP contribution is -2.24. The lowest BCUT2D eigenvalue weighted by molar-refractivity contribution is 0.198. The minimum atomic E-state index is -0.398. The standard InChI is InChI=1S/C8H10ClN3O2/c9-7-6(3-10-11-8(7)14)12-2-1-5(13)4-12/h3,5,13H,1-2,4H2,(H,11,14). The fourth-order valence-electron chi connectivity index (χ4n) is 1.56. The molecule has 1 fully saturated rings. The van der Waals surface area contributed by atoms with Crippen molar-refractivity contribution in [2.45, 2.75) is 12.5 Å². The van der Waals surface area contributed by atoms with Gasteiger partial charge in [0.25, 0.3) is 5.56 Å². The van der Waals surface area contributed by atoms with Crippen LogP contribution in [-0.4, -0.2) is 34.5 Å². The molecule has 1 aromatic heterocycles. The molecule has 1 aromatic rings.